The number of carboxylic acid groups (broad SMARTS) is 1. The smallest absolute Gasteiger partial charge is 0.331 e. The first-order valence-corrected chi connectivity index (χ1v) is 3.31. The Morgan fingerprint density at radius 1 is 1.50 bits per heavy atom. The second kappa shape index (κ2) is 5.07. The maximum atomic E-state index is 10.3. The van der Waals surface area contributed by atoms with Gasteiger partial charge in [0.2, 0.25) is 0 Å². The number of allylic oxidation sites excluding steroid dienone is 4. The van der Waals surface area contributed by atoms with Crippen molar-refractivity contribution >= 4 is 12.3 Å². The summed E-state index contributed by atoms with van der Waals surface area (Å²) in [5, 5.41) is 8.46. The van der Waals surface area contributed by atoms with Gasteiger partial charge in [-0.05, 0) is 13.0 Å². The van der Waals surface area contributed by atoms with E-state index < -0.39 is 5.97 Å². The Hall–Kier alpha value is -1.64. The lowest BCUT2D eigenvalue weighted by Gasteiger charge is -1.91. The van der Waals surface area contributed by atoms with E-state index in [4.69, 9.17) is 5.11 Å². The molecule has 1 N–H and O–H groups in total. The van der Waals surface area contributed by atoms with Crippen LogP contribution in [-0.2, 0) is 9.59 Å². The van der Waals surface area contributed by atoms with E-state index in [1.165, 1.54) is 25.2 Å². The highest BCUT2D eigenvalue weighted by Crippen LogP contribution is 2.00. The summed E-state index contributed by atoms with van der Waals surface area (Å²) in [6, 6.07) is 0. The Labute approximate surface area is 70.7 Å². The number of hydrogen-bond acceptors (Lipinski definition) is 2. The number of rotatable bonds is 4. The predicted molar refractivity (Wildman–Crippen MR) is 45.7 cm³/mol. The van der Waals surface area contributed by atoms with E-state index in [-0.39, 0.29) is 5.57 Å². The predicted octanol–water partition coefficient (Wildman–Crippen LogP) is 1.33. The molecule has 0 atom stereocenters. The maximum absolute atomic E-state index is 10.3. The van der Waals surface area contributed by atoms with Crippen molar-refractivity contribution in [3.63, 3.8) is 0 Å². The van der Waals surface area contributed by atoms with Crippen LogP contribution < -0.4 is 0 Å². The third kappa shape index (κ3) is 3.51. The SMILES string of the molecule is C=C/C=C(C=O)\C=C(/C)C(=O)O. The molecule has 0 radical (unpaired) electrons. The Bertz CT molecular complexity index is 259. The number of hydrogen-bond donors (Lipinski definition) is 1. The topological polar surface area (TPSA) is 54.4 Å². The molecule has 0 spiro atoms. The van der Waals surface area contributed by atoms with Crippen molar-refractivity contribution < 1.29 is 14.7 Å². The summed E-state index contributed by atoms with van der Waals surface area (Å²) in [6.45, 7) is 4.81. The van der Waals surface area contributed by atoms with Crippen LogP contribution in [0, 0.1) is 0 Å². The molecule has 0 aromatic heterocycles. The summed E-state index contributed by atoms with van der Waals surface area (Å²) in [5.74, 6) is -1.04. The Kier molecular flexibility index (Phi) is 4.38. The molecule has 0 amide bonds. The monoisotopic (exact) mass is 166 g/mol. The quantitative estimate of drug-likeness (QED) is 0.389. The second-order valence-electron chi connectivity index (χ2n) is 2.15. The van der Waals surface area contributed by atoms with Gasteiger partial charge in [-0.2, -0.15) is 0 Å². The van der Waals surface area contributed by atoms with Crippen molar-refractivity contribution in [3.8, 4) is 0 Å². The van der Waals surface area contributed by atoms with Gasteiger partial charge in [0.15, 0.2) is 0 Å². The van der Waals surface area contributed by atoms with Gasteiger partial charge in [0.1, 0.15) is 6.29 Å². The summed E-state index contributed by atoms with van der Waals surface area (Å²) < 4.78 is 0. The van der Waals surface area contributed by atoms with Crippen LogP contribution in [0.3, 0.4) is 0 Å². The molecule has 0 bridgehead atoms. The minimum absolute atomic E-state index is 0.121. The Balaban J connectivity index is 4.69. The fourth-order valence-electron chi connectivity index (χ4n) is 0.569. The largest absolute Gasteiger partial charge is 0.478 e. The van der Waals surface area contributed by atoms with E-state index in [2.05, 4.69) is 6.58 Å². The molecule has 0 rings (SSSR count). The van der Waals surface area contributed by atoms with Gasteiger partial charge in [-0.3, -0.25) is 4.79 Å². The fraction of sp³-hybridized carbons (Fsp3) is 0.111. The first-order chi connectivity index (χ1) is 5.61. The van der Waals surface area contributed by atoms with Crippen molar-refractivity contribution in [2.75, 3.05) is 0 Å². The van der Waals surface area contributed by atoms with Crippen LogP contribution in [0.2, 0.25) is 0 Å². The van der Waals surface area contributed by atoms with Crippen LogP contribution in [-0.4, -0.2) is 17.4 Å². The summed E-state index contributed by atoms with van der Waals surface area (Å²) in [5.41, 5.74) is 0.417. The highest BCUT2D eigenvalue weighted by molar-refractivity contribution is 5.89. The van der Waals surface area contributed by atoms with Gasteiger partial charge >= 0.3 is 5.97 Å². The summed E-state index contributed by atoms with van der Waals surface area (Å²) >= 11 is 0. The Morgan fingerprint density at radius 3 is 2.42 bits per heavy atom. The molecular weight excluding hydrogens is 156 g/mol. The van der Waals surface area contributed by atoms with Crippen LogP contribution in [0.15, 0.2) is 36.0 Å². The fourth-order valence-corrected chi connectivity index (χ4v) is 0.569. The van der Waals surface area contributed by atoms with E-state index in [1.807, 2.05) is 0 Å². The van der Waals surface area contributed by atoms with E-state index in [1.54, 1.807) is 0 Å². The highest BCUT2D eigenvalue weighted by atomic mass is 16.4. The zero-order valence-electron chi connectivity index (χ0n) is 6.78. The number of carbonyl (C=O) groups is 2. The van der Waals surface area contributed by atoms with Crippen molar-refractivity contribution in [2.45, 2.75) is 6.92 Å². The summed E-state index contributed by atoms with van der Waals surface area (Å²) in [4.78, 5) is 20.6. The molecule has 3 heteroatoms. The van der Waals surface area contributed by atoms with Gasteiger partial charge in [0, 0.05) is 11.1 Å². The van der Waals surface area contributed by atoms with Crippen molar-refractivity contribution in [2.24, 2.45) is 0 Å². The van der Waals surface area contributed by atoms with Gasteiger partial charge in [-0.1, -0.05) is 18.7 Å². The van der Waals surface area contributed by atoms with Gasteiger partial charge in [-0.15, -0.1) is 0 Å². The standard InChI is InChI=1S/C9H10O3/c1-3-4-8(6-10)5-7(2)9(11)12/h3-6H,1H2,2H3,(H,11,12)/b7-5+,8-4+. The maximum Gasteiger partial charge on any atom is 0.331 e. The van der Waals surface area contributed by atoms with Crippen LogP contribution in [0.5, 0.6) is 0 Å². The first kappa shape index (κ1) is 10.4. The normalized spacial score (nSPS) is 12.4. The zero-order valence-corrected chi connectivity index (χ0v) is 6.78. The molecule has 0 aliphatic carbocycles. The van der Waals surface area contributed by atoms with E-state index in [0.29, 0.717) is 11.9 Å². The first-order valence-electron chi connectivity index (χ1n) is 3.31. The van der Waals surface area contributed by atoms with Crippen LogP contribution in [0.1, 0.15) is 6.92 Å². The molecule has 64 valence electrons. The van der Waals surface area contributed by atoms with Crippen LogP contribution >= 0.6 is 0 Å². The third-order valence-corrected chi connectivity index (χ3v) is 1.17. The summed E-state index contributed by atoms with van der Waals surface area (Å²) in [7, 11) is 0. The van der Waals surface area contributed by atoms with Crippen molar-refractivity contribution in [1.82, 2.24) is 0 Å². The molecule has 12 heavy (non-hydrogen) atoms. The molecule has 0 saturated heterocycles. The van der Waals surface area contributed by atoms with E-state index in [0.717, 1.165) is 0 Å². The van der Waals surface area contributed by atoms with E-state index in [9.17, 15) is 9.59 Å². The lowest BCUT2D eigenvalue weighted by molar-refractivity contribution is -0.132. The molecule has 0 aromatic carbocycles. The van der Waals surface area contributed by atoms with Gasteiger partial charge in [0.25, 0.3) is 0 Å². The van der Waals surface area contributed by atoms with Crippen LogP contribution in [0.4, 0.5) is 0 Å². The van der Waals surface area contributed by atoms with Crippen molar-refractivity contribution in [3.05, 3.63) is 36.0 Å². The van der Waals surface area contributed by atoms with Crippen LogP contribution in [0.25, 0.3) is 0 Å². The van der Waals surface area contributed by atoms with Gasteiger partial charge < -0.3 is 5.11 Å². The molecule has 0 aromatic rings. The number of aliphatic carboxylic acids is 1. The number of aldehydes is 1. The zero-order chi connectivity index (χ0) is 9.56. The number of carboxylic acids is 1. The Morgan fingerprint density at radius 2 is 2.08 bits per heavy atom. The molecular formula is C9H10O3. The third-order valence-electron chi connectivity index (χ3n) is 1.17. The minimum Gasteiger partial charge on any atom is -0.478 e. The van der Waals surface area contributed by atoms with E-state index >= 15 is 0 Å². The summed E-state index contributed by atoms with van der Waals surface area (Å²) in [6.07, 6.45) is 4.74. The molecule has 0 heterocycles. The minimum atomic E-state index is -1.04. The average Bonchev–Trinajstić information content (AvgIpc) is 2.03. The number of carbonyl (C=O) groups excluding carboxylic acids is 1. The lowest BCUT2D eigenvalue weighted by atomic mass is 10.2. The molecule has 0 unspecified atom stereocenters. The molecule has 0 saturated carbocycles. The molecule has 0 aliphatic heterocycles. The van der Waals surface area contributed by atoms with Crippen molar-refractivity contribution in [1.29, 1.82) is 0 Å². The van der Waals surface area contributed by atoms with Gasteiger partial charge in [0.05, 0.1) is 0 Å². The molecule has 3 nitrogen and oxygen atoms in total. The lowest BCUT2D eigenvalue weighted by Crippen LogP contribution is -1.96. The second-order valence-corrected chi connectivity index (χ2v) is 2.15. The molecule has 0 fully saturated rings. The highest BCUT2D eigenvalue weighted by Gasteiger charge is 1.99. The average molecular weight is 166 g/mol. The molecule has 0 aliphatic rings. The van der Waals surface area contributed by atoms with Gasteiger partial charge in [-0.25, -0.2) is 4.79 Å².